The molecule has 0 rings (SSSR count). The van der Waals surface area contributed by atoms with E-state index in [1.807, 2.05) is 0 Å². The molecule has 0 saturated carbocycles. The number of ether oxygens (including phenoxy) is 1. The number of methoxy groups -OCH3 is 1. The van der Waals surface area contributed by atoms with E-state index in [0.717, 1.165) is 4.90 Å². The average molecular weight is 200 g/mol. The third-order valence-corrected chi connectivity index (χ3v) is 1.48. The Kier molecular flexibility index (Phi) is 5.77. The first-order valence-electron chi connectivity index (χ1n) is 3.83. The Bertz CT molecular complexity index is 239. The molecule has 6 nitrogen and oxygen atoms in total. The molecule has 0 fully saturated rings. The zero-order valence-electron chi connectivity index (χ0n) is 7.86. The largest absolute Gasteiger partial charge is 0.464 e. The van der Waals surface area contributed by atoms with Gasteiger partial charge >= 0.3 is 5.97 Å². The van der Waals surface area contributed by atoms with Crippen LogP contribution in [0.4, 0.5) is 0 Å². The maximum atomic E-state index is 10.9. The molecule has 14 heavy (non-hydrogen) atoms. The fraction of sp³-hybridized carbons (Fsp3) is 0.375. The molecule has 0 aliphatic carbocycles. The number of hydrogen-bond donors (Lipinski definition) is 1. The Labute approximate surface area is 81.5 Å². The van der Waals surface area contributed by atoms with Crippen LogP contribution in [0.5, 0.6) is 0 Å². The van der Waals surface area contributed by atoms with Crippen molar-refractivity contribution in [3.63, 3.8) is 0 Å². The second-order valence-electron chi connectivity index (χ2n) is 2.31. The number of rotatable bonds is 7. The third kappa shape index (κ3) is 3.70. The smallest absolute Gasteiger partial charge is 0.354 e. The van der Waals surface area contributed by atoms with E-state index in [0.29, 0.717) is 12.8 Å². The summed E-state index contributed by atoms with van der Waals surface area (Å²) in [6.07, 6.45) is 0.954. The van der Waals surface area contributed by atoms with Crippen LogP contribution < -0.4 is 5.32 Å². The summed E-state index contributed by atoms with van der Waals surface area (Å²) in [6, 6.07) is 0. The summed E-state index contributed by atoms with van der Waals surface area (Å²) in [4.78, 5) is 32.4. The van der Waals surface area contributed by atoms with Crippen LogP contribution in [0.3, 0.4) is 0 Å². The standard InChI is InChI=1S/C8H12N2O4/c1-7(8(13)14-2)10(6-12)4-3-9-5-11/h5-6H,1,3-4H2,2H3,(H,9,11). The summed E-state index contributed by atoms with van der Waals surface area (Å²) >= 11 is 0. The van der Waals surface area contributed by atoms with Gasteiger partial charge in [0.25, 0.3) is 0 Å². The molecule has 0 atom stereocenters. The summed E-state index contributed by atoms with van der Waals surface area (Å²) in [5.74, 6) is -0.678. The highest BCUT2D eigenvalue weighted by atomic mass is 16.5. The molecule has 0 aromatic rings. The van der Waals surface area contributed by atoms with Gasteiger partial charge in [-0.1, -0.05) is 6.58 Å². The monoisotopic (exact) mass is 200 g/mol. The fourth-order valence-corrected chi connectivity index (χ4v) is 0.730. The molecule has 0 aromatic heterocycles. The number of esters is 1. The molecule has 2 amide bonds. The van der Waals surface area contributed by atoms with Crippen molar-refractivity contribution in [3.05, 3.63) is 12.3 Å². The quantitative estimate of drug-likeness (QED) is 0.244. The lowest BCUT2D eigenvalue weighted by Gasteiger charge is -2.17. The summed E-state index contributed by atoms with van der Waals surface area (Å²) in [7, 11) is 1.19. The second-order valence-corrected chi connectivity index (χ2v) is 2.31. The first kappa shape index (κ1) is 12.2. The molecular weight excluding hydrogens is 188 g/mol. The van der Waals surface area contributed by atoms with Gasteiger partial charge in [-0.3, -0.25) is 9.59 Å². The van der Waals surface area contributed by atoms with Crippen molar-refractivity contribution in [3.8, 4) is 0 Å². The number of amides is 2. The minimum Gasteiger partial charge on any atom is -0.464 e. The predicted octanol–water partition coefficient (Wildman–Crippen LogP) is -1.12. The van der Waals surface area contributed by atoms with Crippen LogP contribution in [0.2, 0.25) is 0 Å². The minimum atomic E-state index is -0.678. The van der Waals surface area contributed by atoms with Gasteiger partial charge in [0.2, 0.25) is 12.8 Å². The van der Waals surface area contributed by atoms with Gasteiger partial charge in [-0.2, -0.15) is 0 Å². The molecule has 0 radical (unpaired) electrons. The van der Waals surface area contributed by atoms with Gasteiger partial charge in [-0.15, -0.1) is 0 Å². The molecule has 0 aliphatic rings. The van der Waals surface area contributed by atoms with E-state index in [1.165, 1.54) is 7.11 Å². The number of carbonyl (C=O) groups excluding carboxylic acids is 3. The van der Waals surface area contributed by atoms with Crippen LogP contribution >= 0.6 is 0 Å². The zero-order valence-corrected chi connectivity index (χ0v) is 7.86. The zero-order chi connectivity index (χ0) is 11.0. The minimum absolute atomic E-state index is 0.0600. The Morgan fingerprint density at radius 1 is 1.57 bits per heavy atom. The van der Waals surface area contributed by atoms with Crippen molar-refractivity contribution in [1.82, 2.24) is 10.2 Å². The summed E-state index contributed by atoms with van der Waals surface area (Å²) < 4.78 is 4.37. The summed E-state index contributed by atoms with van der Waals surface area (Å²) in [6.45, 7) is 3.80. The van der Waals surface area contributed by atoms with Crippen molar-refractivity contribution in [1.29, 1.82) is 0 Å². The van der Waals surface area contributed by atoms with Crippen molar-refractivity contribution < 1.29 is 19.1 Å². The lowest BCUT2D eigenvalue weighted by atomic mass is 10.4. The number of carbonyl (C=O) groups is 3. The van der Waals surface area contributed by atoms with Crippen LogP contribution in [-0.2, 0) is 19.1 Å². The number of hydrogen-bond acceptors (Lipinski definition) is 4. The molecule has 0 aliphatic heterocycles. The molecule has 0 bridgehead atoms. The highest BCUT2D eigenvalue weighted by Crippen LogP contribution is 1.99. The molecule has 0 saturated heterocycles. The Hall–Kier alpha value is -1.85. The van der Waals surface area contributed by atoms with Gasteiger partial charge in [-0.25, -0.2) is 4.79 Å². The second kappa shape index (κ2) is 6.64. The highest BCUT2D eigenvalue weighted by molar-refractivity contribution is 5.89. The molecule has 6 heteroatoms. The Morgan fingerprint density at radius 2 is 2.21 bits per heavy atom. The first-order valence-corrected chi connectivity index (χ1v) is 3.83. The Balaban J connectivity index is 4.12. The lowest BCUT2D eigenvalue weighted by molar-refractivity contribution is -0.139. The van der Waals surface area contributed by atoms with E-state index in [-0.39, 0.29) is 18.8 Å². The maximum absolute atomic E-state index is 10.9. The summed E-state index contributed by atoms with van der Waals surface area (Å²) in [5, 5.41) is 2.35. The Morgan fingerprint density at radius 3 is 2.64 bits per heavy atom. The lowest BCUT2D eigenvalue weighted by Crippen LogP contribution is -2.32. The predicted molar refractivity (Wildman–Crippen MR) is 48.0 cm³/mol. The topological polar surface area (TPSA) is 75.7 Å². The molecule has 1 N–H and O–H groups in total. The van der Waals surface area contributed by atoms with E-state index in [4.69, 9.17) is 0 Å². The van der Waals surface area contributed by atoms with E-state index < -0.39 is 5.97 Å². The number of nitrogens with one attached hydrogen (secondary N) is 1. The van der Waals surface area contributed by atoms with Crippen molar-refractivity contribution in [2.75, 3.05) is 20.2 Å². The van der Waals surface area contributed by atoms with Crippen molar-refractivity contribution >= 4 is 18.8 Å². The molecule has 0 spiro atoms. The van der Waals surface area contributed by atoms with Gasteiger partial charge in [0, 0.05) is 13.1 Å². The molecular formula is C8H12N2O4. The van der Waals surface area contributed by atoms with E-state index in [2.05, 4.69) is 16.6 Å². The van der Waals surface area contributed by atoms with E-state index >= 15 is 0 Å². The van der Waals surface area contributed by atoms with Gasteiger partial charge in [0.15, 0.2) is 0 Å². The van der Waals surface area contributed by atoms with Crippen LogP contribution in [-0.4, -0.2) is 43.9 Å². The SMILES string of the molecule is C=C(C(=O)OC)N(C=O)CCNC=O. The van der Waals surface area contributed by atoms with Gasteiger partial charge in [-0.05, 0) is 0 Å². The van der Waals surface area contributed by atoms with Crippen molar-refractivity contribution in [2.24, 2.45) is 0 Å². The van der Waals surface area contributed by atoms with Crippen LogP contribution in [0.25, 0.3) is 0 Å². The molecule has 0 heterocycles. The molecule has 0 unspecified atom stereocenters. The summed E-state index contributed by atoms with van der Waals surface area (Å²) in [5.41, 5.74) is -0.0600. The van der Waals surface area contributed by atoms with Gasteiger partial charge < -0.3 is 15.0 Å². The highest BCUT2D eigenvalue weighted by Gasteiger charge is 2.14. The number of nitrogens with zero attached hydrogens (tertiary/aromatic N) is 1. The average Bonchev–Trinajstić information content (AvgIpc) is 2.22. The van der Waals surface area contributed by atoms with E-state index in [9.17, 15) is 14.4 Å². The van der Waals surface area contributed by atoms with Crippen LogP contribution in [0, 0.1) is 0 Å². The van der Waals surface area contributed by atoms with Gasteiger partial charge in [0.05, 0.1) is 7.11 Å². The molecule has 78 valence electrons. The van der Waals surface area contributed by atoms with E-state index in [1.54, 1.807) is 0 Å². The molecule has 0 aromatic carbocycles. The van der Waals surface area contributed by atoms with Crippen molar-refractivity contribution in [2.45, 2.75) is 0 Å². The fourth-order valence-electron chi connectivity index (χ4n) is 0.730. The van der Waals surface area contributed by atoms with Crippen LogP contribution in [0.15, 0.2) is 12.3 Å². The third-order valence-electron chi connectivity index (χ3n) is 1.48. The normalized spacial score (nSPS) is 8.64. The van der Waals surface area contributed by atoms with Crippen LogP contribution in [0.1, 0.15) is 0 Å². The first-order chi connectivity index (χ1) is 6.67. The maximum Gasteiger partial charge on any atom is 0.354 e. The van der Waals surface area contributed by atoms with Gasteiger partial charge in [0.1, 0.15) is 5.70 Å².